The summed E-state index contributed by atoms with van der Waals surface area (Å²) in [6.07, 6.45) is 3.36. The third kappa shape index (κ3) is 3.15. The van der Waals surface area contributed by atoms with Gasteiger partial charge in [-0.15, -0.1) is 0 Å². The van der Waals surface area contributed by atoms with E-state index < -0.39 is 0 Å². The molecule has 0 unspecified atom stereocenters. The lowest BCUT2D eigenvalue weighted by Crippen LogP contribution is -2.02. The minimum absolute atomic E-state index is 0.619. The van der Waals surface area contributed by atoms with Gasteiger partial charge in [-0.05, 0) is 29.8 Å². The molecule has 2 rings (SSSR count). The van der Waals surface area contributed by atoms with Gasteiger partial charge in [-0.1, -0.05) is 27.5 Å². The monoisotopic (exact) mass is 326 g/mol. The fourth-order valence-corrected chi connectivity index (χ4v) is 2.10. The largest absolute Gasteiger partial charge is 0.495 e. The van der Waals surface area contributed by atoms with Crippen LogP contribution in [-0.4, -0.2) is 12.1 Å². The number of anilines is 1. The number of rotatable bonds is 4. The van der Waals surface area contributed by atoms with Crippen LogP contribution in [0.1, 0.15) is 5.56 Å². The molecule has 2 aromatic rings. The van der Waals surface area contributed by atoms with Crippen LogP contribution in [0.2, 0.25) is 5.02 Å². The number of halogens is 2. The molecule has 0 atom stereocenters. The average molecular weight is 328 g/mol. The zero-order chi connectivity index (χ0) is 13.0. The number of hydrogen-bond acceptors (Lipinski definition) is 3. The summed E-state index contributed by atoms with van der Waals surface area (Å²) in [5, 5.41) is 3.95. The van der Waals surface area contributed by atoms with Crippen LogP contribution >= 0.6 is 27.5 Å². The maximum Gasteiger partial charge on any atom is 0.142 e. The van der Waals surface area contributed by atoms with Gasteiger partial charge in [0.1, 0.15) is 5.75 Å². The third-order valence-corrected chi connectivity index (χ3v) is 3.32. The molecule has 1 aromatic carbocycles. The summed E-state index contributed by atoms with van der Waals surface area (Å²) in [5.41, 5.74) is 1.91. The van der Waals surface area contributed by atoms with E-state index in [4.69, 9.17) is 16.3 Å². The van der Waals surface area contributed by atoms with E-state index in [1.807, 2.05) is 24.3 Å². The summed E-state index contributed by atoms with van der Waals surface area (Å²) in [6.45, 7) is 0.619. The highest BCUT2D eigenvalue weighted by Crippen LogP contribution is 2.28. The first-order valence-corrected chi connectivity index (χ1v) is 6.53. The summed E-state index contributed by atoms with van der Waals surface area (Å²) in [5.74, 6) is 0.795. The Hall–Kier alpha value is -1.26. The minimum Gasteiger partial charge on any atom is -0.495 e. The zero-order valence-electron chi connectivity index (χ0n) is 9.78. The van der Waals surface area contributed by atoms with E-state index >= 15 is 0 Å². The Bertz CT molecular complexity index is 548. The van der Waals surface area contributed by atoms with E-state index in [1.54, 1.807) is 19.5 Å². The van der Waals surface area contributed by atoms with E-state index in [9.17, 15) is 0 Å². The number of benzene rings is 1. The molecule has 0 spiro atoms. The Labute approximate surface area is 119 Å². The lowest BCUT2D eigenvalue weighted by atomic mass is 10.2. The normalized spacial score (nSPS) is 10.2. The number of aromatic nitrogens is 1. The van der Waals surface area contributed by atoms with E-state index in [0.717, 1.165) is 21.5 Å². The molecule has 1 aromatic heterocycles. The molecule has 0 amide bonds. The van der Waals surface area contributed by atoms with Crippen molar-refractivity contribution in [2.24, 2.45) is 0 Å². The Morgan fingerprint density at radius 2 is 2.22 bits per heavy atom. The molecule has 0 saturated carbocycles. The molecule has 0 saturated heterocycles. The van der Waals surface area contributed by atoms with Crippen LogP contribution in [0, 0.1) is 0 Å². The number of nitrogens with one attached hydrogen (secondary N) is 1. The van der Waals surface area contributed by atoms with Crippen molar-refractivity contribution in [1.82, 2.24) is 4.98 Å². The van der Waals surface area contributed by atoms with Gasteiger partial charge in [0.15, 0.2) is 0 Å². The van der Waals surface area contributed by atoms with E-state index in [0.29, 0.717) is 11.6 Å². The maximum absolute atomic E-state index is 6.05. The highest BCUT2D eigenvalue weighted by atomic mass is 79.9. The van der Waals surface area contributed by atoms with Crippen molar-refractivity contribution in [2.75, 3.05) is 12.4 Å². The van der Waals surface area contributed by atoms with E-state index in [1.165, 1.54) is 0 Å². The summed E-state index contributed by atoms with van der Waals surface area (Å²) in [7, 11) is 1.65. The molecule has 0 aliphatic heterocycles. The van der Waals surface area contributed by atoms with E-state index in [-0.39, 0.29) is 0 Å². The summed E-state index contributed by atoms with van der Waals surface area (Å²) >= 11 is 9.49. The van der Waals surface area contributed by atoms with Gasteiger partial charge in [-0.2, -0.15) is 0 Å². The van der Waals surface area contributed by atoms with Crippen molar-refractivity contribution in [1.29, 1.82) is 0 Å². The highest BCUT2D eigenvalue weighted by Gasteiger charge is 2.05. The number of hydrogen-bond donors (Lipinski definition) is 1. The first kappa shape index (κ1) is 13.2. The second-order valence-corrected chi connectivity index (χ2v) is 4.99. The van der Waals surface area contributed by atoms with E-state index in [2.05, 4.69) is 26.2 Å². The molecule has 0 bridgehead atoms. The fourth-order valence-electron chi connectivity index (χ4n) is 1.56. The quantitative estimate of drug-likeness (QED) is 0.917. The van der Waals surface area contributed by atoms with Crippen LogP contribution in [0.25, 0.3) is 0 Å². The average Bonchev–Trinajstić information content (AvgIpc) is 2.38. The van der Waals surface area contributed by atoms with Gasteiger partial charge < -0.3 is 10.1 Å². The molecule has 0 aliphatic rings. The van der Waals surface area contributed by atoms with Crippen LogP contribution in [-0.2, 0) is 6.54 Å². The summed E-state index contributed by atoms with van der Waals surface area (Å²) in [6, 6.07) is 7.69. The van der Waals surface area contributed by atoms with Crippen LogP contribution in [0.4, 0.5) is 5.69 Å². The van der Waals surface area contributed by atoms with Crippen LogP contribution < -0.4 is 10.1 Å². The smallest absolute Gasteiger partial charge is 0.142 e. The summed E-state index contributed by atoms with van der Waals surface area (Å²) in [4.78, 5) is 3.96. The molecule has 0 aliphatic carbocycles. The predicted octanol–water partition coefficient (Wildman–Crippen LogP) is 4.12. The fraction of sp³-hybridized carbons (Fsp3) is 0.154. The maximum atomic E-state index is 6.05. The van der Waals surface area contributed by atoms with Crippen LogP contribution in [0.15, 0.2) is 41.1 Å². The number of pyridine rings is 1. The van der Waals surface area contributed by atoms with Crippen molar-refractivity contribution in [3.05, 3.63) is 51.7 Å². The molecule has 5 heteroatoms. The minimum atomic E-state index is 0.619. The topological polar surface area (TPSA) is 34.1 Å². The van der Waals surface area contributed by atoms with Crippen LogP contribution in [0.3, 0.4) is 0 Å². The molecular formula is C13H12BrClN2O. The van der Waals surface area contributed by atoms with Crippen molar-refractivity contribution in [3.63, 3.8) is 0 Å². The third-order valence-electron chi connectivity index (χ3n) is 2.49. The summed E-state index contributed by atoms with van der Waals surface area (Å²) < 4.78 is 6.28. The Morgan fingerprint density at radius 1 is 1.39 bits per heavy atom. The number of nitrogens with zero attached hydrogens (tertiary/aromatic N) is 1. The van der Waals surface area contributed by atoms with Gasteiger partial charge in [-0.25, -0.2) is 0 Å². The molecule has 0 fully saturated rings. The molecule has 3 nitrogen and oxygen atoms in total. The lowest BCUT2D eigenvalue weighted by molar-refractivity contribution is 0.416. The van der Waals surface area contributed by atoms with Crippen molar-refractivity contribution in [3.8, 4) is 5.75 Å². The van der Waals surface area contributed by atoms with Gasteiger partial charge in [0.25, 0.3) is 0 Å². The Morgan fingerprint density at radius 3 is 2.94 bits per heavy atom. The first-order valence-electron chi connectivity index (χ1n) is 5.36. The Kier molecular flexibility index (Phi) is 4.44. The van der Waals surface area contributed by atoms with Gasteiger partial charge in [0.2, 0.25) is 0 Å². The van der Waals surface area contributed by atoms with Gasteiger partial charge in [0.05, 0.1) is 17.8 Å². The second-order valence-electron chi connectivity index (χ2n) is 3.67. The van der Waals surface area contributed by atoms with Gasteiger partial charge in [0, 0.05) is 23.4 Å². The van der Waals surface area contributed by atoms with Crippen molar-refractivity contribution in [2.45, 2.75) is 6.54 Å². The lowest BCUT2D eigenvalue weighted by Gasteiger charge is -2.12. The van der Waals surface area contributed by atoms with Gasteiger partial charge >= 0.3 is 0 Å². The first-order chi connectivity index (χ1) is 8.70. The molecule has 1 heterocycles. The highest BCUT2D eigenvalue weighted by molar-refractivity contribution is 9.10. The predicted molar refractivity (Wildman–Crippen MR) is 77.3 cm³/mol. The molecule has 1 N–H and O–H groups in total. The molecule has 0 radical (unpaired) electrons. The Balaban J connectivity index is 2.15. The zero-order valence-corrected chi connectivity index (χ0v) is 12.1. The van der Waals surface area contributed by atoms with Gasteiger partial charge in [-0.3, -0.25) is 4.98 Å². The standard InChI is InChI=1S/C13H12BrClN2O/c1-18-13-3-2-10(14)6-12(13)17-7-9-4-5-16-8-11(9)15/h2-6,8,17H,7H2,1H3. The number of ether oxygens (including phenoxy) is 1. The SMILES string of the molecule is COc1ccc(Br)cc1NCc1ccncc1Cl. The van der Waals surface area contributed by atoms with Crippen molar-refractivity contribution >= 4 is 33.2 Å². The second kappa shape index (κ2) is 6.07. The van der Waals surface area contributed by atoms with Crippen molar-refractivity contribution < 1.29 is 4.74 Å². The number of methoxy groups -OCH3 is 1. The molecular weight excluding hydrogens is 316 g/mol. The molecule has 94 valence electrons. The van der Waals surface area contributed by atoms with Crippen LogP contribution in [0.5, 0.6) is 5.75 Å². The molecule has 18 heavy (non-hydrogen) atoms.